The summed E-state index contributed by atoms with van der Waals surface area (Å²) < 4.78 is 11.4. The molecule has 0 radical (unpaired) electrons. The van der Waals surface area contributed by atoms with Crippen molar-refractivity contribution < 1.29 is 14.3 Å². The van der Waals surface area contributed by atoms with Gasteiger partial charge in [-0.05, 0) is 59.3 Å². The van der Waals surface area contributed by atoms with Crippen LogP contribution in [0.15, 0.2) is 78.9 Å². The molecule has 156 valence electrons. The SMILES string of the molecule is COc1ccc(C(=O)Nc2cc(Cl)cc(Cl)c2)cc1COc1ccc2ccccc2c1. The Bertz CT molecular complexity index is 1240. The summed E-state index contributed by atoms with van der Waals surface area (Å²) >= 11 is 12.0. The summed E-state index contributed by atoms with van der Waals surface area (Å²) in [6, 6.07) is 24.1. The number of benzene rings is 4. The van der Waals surface area contributed by atoms with Gasteiger partial charge < -0.3 is 14.8 Å². The Kier molecular flexibility index (Phi) is 6.31. The van der Waals surface area contributed by atoms with Gasteiger partial charge in [0.05, 0.1) is 7.11 Å². The average Bonchev–Trinajstić information content (AvgIpc) is 2.76. The van der Waals surface area contributed by atoms with Crippen LogP contribution in [0.25, 0.3) is 10.8 Å². The van der Waals surface area contributed by atoms with Gasteiger partial charge in [-0.3, -0.25) is 4.79 Å². The summed E-state index contributed by atoms with van der Waals surface area (Å²) in [5.74, 6) is 1.10. The summed E-state index contributed by atoms with van der Waals surface area (Å²) in [6.07, 6.45) is 0. The molecule has 4 aromatic rings. The van der Waals surface area contributed by atoms with Gasteiger partial charge in [0.1, 0.15) is 18.1 Å². The smallest absolute Gasteiger partial charge is 0.255 e. The van der Waals surface area contributed by atoms with Crippen molar-refractivity contribution in [3.63, 3.8) is 0 Å². The lowest BCUT2D eigenvalue weighted by Gasteiger charge is -2.13. The predicted molar refractivity (Wildman–Crippen MR) is 126 cm³/mol. The average molecular weight is 452 g/mol. The first-order chi connectivity index (χ1) is 15.0. The van der Waals surface area contributed by atoms with Crippen LogP contribution in [-0.2, 0) is 6.61 Å². The van der Waals surface area contributed by atoms with Crippen LogP contribution in [0.1, 0.15) is 15.9 Å². The fraction of sp³-hybridized carbons (Fsp3) is 0.0800. The molecule has 4 rings (SSSR count). The molecule has 31 heavy (non-hydrogen) atoms. The van der Waals surface area contributed by atoms with Gasteiger partial charge >= 0.3 is 0 Å². The van der Waals surface area contributed by atoms with Gasteiger partial charge in [-0.15, -0.1) is 0 Å². The van der Waals surface area contributed by atoms with E-state index < -0.39 is 0 Å². The first-order valence-electron chi connectivity index (χ1n) is 9.58. The Hall–Kier alpha value is -3.21. The Labute approximate surface area is 190 Å². The maximum Gasteiger partial charge on any atom is 0.255 e. The molecule has 4 aromatic carbocycles. The Morgan fingerprint density at radius 2 is 1.61 bits per heavy atom. The van der Waals surface area contributed by atoms with Crippen LogP contribution in [0.4, 0.5) is 5.69 Å². The molecular weight excluding hydrogens is 433 g/mol. The quantitative estimate of drug-likeness (QED) is 0.343. The number of amides is 1. The molecule has 0 aliphatic carbocycles. The number of carbonyl (C=O) groups excluding carboxylic acids is 1. The van der Waals surface area contributed by atoms with Gasteiger partial charge in [-0.2, -0.15) is 0 Å². The Balaban J connectivity index is 1.53. The van der Waals surface area contributed by atoms with Gasteiger partial charge in [0.15, 0.2) is 0 Å². The maximum atomic E-state index is 12.7. The summed E-state index contributed by atoms with van der Waals surface area (Å²) in [5, 5.41) is 5.94. The van der Waals surface area contributed by atoms with Crippen LogP contribution in [0.3, 0.4) is 0 Å². The lowest BCUT2D eigenvalue weighted by atomic mass is 10.1. The first-order valence-corrected chi connectivity index (χ1v) is 10.3. The van der Waals surface area contributed by atoms with E-state index in [1.165, 1.54) is 0 Å². The molecule has 0 saturated heterocycles. The number of carbonyl (C=O) groups is 1. The van der Waals surface area contributed by atoms with Gasteiger partial charge in [0.2, 0.25) is 0 Å². The van der Waals surface area contributed by atoms with Gasteiger partial charge in [-0.1, -0.05) is 53.5 Å². The molecule has 0 unspecified atom stereocenters. The van der Waals surface area contributed by atoms with E-state index in [0.29, 0.717) is 27.0 Å². The third-order valence-corrected chi connectivity index (χ3v) is 5.21. The van der Waals surface area contributed by atoms with Crippen LogP contribution < -0.4 is 14.8 Å². The number of halogens is 2. The number of hydrogen-bond donors (Lipinski definition) is 1. The standard InChI is InChI=1S/C25H19Cl2NO3/c1-30-24-9-7-18(25(29)28-22-13-20(26)12-21(27)14-22)10-19(24)15-31-23-8-6-16-4-2-3-5-17(16)11-23/h2-14H,15H2,1H3,(H,28,29). The van der Waals surface area contributed by atoms with E-state index in [4.69, 9.17) is 32.7 Å². The summed E-state index contributed by atoms with van der Waals surface area (Å²) in [6.45, 7) is 0.256. The van der Waals surface area contributed by atoms with Crippen molar-refractivity contribution in [1.29, 1.82) is 0 Å². The molecule has 0 aliphatic rings. The molecule has 1 amide bonds. The minimum absolute atomic E-state index is 0.256. The van der Waals surface area contributed by atoms with Crippen LogP contribution in [0, 0.1) is 0 Å². The third-order valence-electron chi connectivity index (χ3n) is 4.78. The molecule has 0 aromatic heterocycles. The van der Waals surface area contributed by atoms with Crippen LogP contribution in [0.2, 0.25) is 10.0 Å². The molecule has 0 atom stereocenters. The van der Waals surface area contributed by atoms with E-state index in [1.807, 2.05) is 36.4 Å². The lowest BCUT2D eigenvalue weighted by Crippen LogP contribution is -2.13. The zero-order valence-corrected chi connectivity index (χ0v) is 18.2. The van der Waals surface area contributed by atoms with Crippen molar-refractivity contribution >= 4 is 45.6 Å². The molecule has 1 N–H and O–H groups in total. The molecule has 0 bridgehead atoms. The second kappa shape index (κ2) is 9.29. The number of rotatable bonds is 6. The van der Waals surface area contributed by atoms with Gasteiger partial charge in [0, 0.05) is 26.9 Å². The zero-order chi connectivity index (χ0) is 21.8. The maximum absolute atomic E-state index is 12.7. The second-order valence-corrected chi connectivity index (χ2v) is 7.81. The minimum Gasteiger partial charge on any atom is -0.496 e. The number of anilines is 1. The Morgan fingerprint density at radius 3 is 2.35 bits per heavy atom. The van der Waals surface area contributed by atoms with E-state index >= 15 is 0 Å². The molecule has 0 fully saturated rings. The normalized spacial score (nSPS) is 10.7. The van der Waals surface area contributed by atoms with Crippen LogP contribution in [-0.4, -0.2) is 13.0 Å². The van der Waals surface area contributed by atoms with Crippen LogP contribution >= 0.6 is 23.2 Å². The Morgan fingerprint density at radius 1 is 0.871 bits per heavy atom. The predicted octanol–water partition coefficient (Wildman–Crippen LogP) is 6.99. The van der Waals surface area contributed by atoms with Gasteiger partial charge in [0.25, 0.3) is 5.91 Å². The van der Waals surface area contributed by atoms with Crippen molar-refractivity contribution in [2.45, 2.75) is 6.61 Å². The monoisotopic (exact) mass is 451 g/mol. The molecule has 0 aliphatic heterocycles. The second-order valence-electron chi connectivity index (χ2n) is 6.94. The zero-order valence-electron chi connectivity index (χ0n) is 16.7. The van der Waals surface area contributed by atoms with Crippen molar-refractivity contribution in [3.05, 3.63) is 100 Å². The summed E-state index contributed by atoms with van der Waals surface area (Å²) in [7, 11) is 1.59. The fourth-order valence-electron chi connectivity index (χ4n) is 3.28. The van der Waals surface area contributed by atoms with E-state index in [1.54, 1.807) is 43.5 Å². The highest BCUT2D eigenvalue weighted by atomic mass is 35.5. The lowest BCUT2D eigenvalue weighted by molar-refractivity contribution is 0.102. The number of ether oxygens (including phenoxy) is 2. The van der Waals surface area contributed by atoms with E-state index in [0.717, 1.165) is 22.1 Å². The van der Waals surface area contributed by atoms with E-state index in [9.17, 15) is 4.79 Å². The topological polar surface area (TPSA) is 47.6 Å². The molecule has 6 heteroatoms. The highest BCUT2D eigenvalue weighted by Crippen LogP contribution is 2.26. The summed E-state index contributed by atoms with van der Waals surface area (Å²) in [4.78, 5) is 12.7. The number of nitrogens with one attached hydrogen (secondary N) is 1. The minimum atomic E-state index is -0.284. The van der Waals surface area contributed by atoms with E-state index in [2.05, 4.69) is 11.4 Å². The van der Waals surface area contributed by atoms with Gasteiger partial charge in [-0.25, -0.2) is 0 Å². The molecule has 0 spiro atoms. The number of fused-ring (bicyclic) bond motifs is 1. The highest BCUT2D eigenvalue weighted by Gasteiger charge is 2.12. The molecular formula is C25H19Cl2NO3. The van der Waals surface area contributed by atoms with Crippen molar-refractivity contribution in [2.75, 3.05) is 12.4 Å². The third kappa shape index (κ3) is 5.10. The number of hydrogen-bond acceptors (Lipinski definition) is 3. The summed E-state index contributed by atoms with van der Waals surface area (Å²) in [5.41, 5.74) is 1.74. The highest BCUT2D eigenvalue weighted by molar-refractivity contribution is 6.35. The largest absolute Gasteiger partial charge is 0.496 e. The molecule has 4 nitrogen and oxygen atoms in total. The van der Waals surface area contributed by atoms with Crippen LogP contribution in [0.5, 0.6) is 11.5 Å². The van der Waals surface area contributed by atoms with E-state index in [-0.39, 0.29) is 12.5 Å². The first kappa shape index (κ1) is 21.0. The molecule has 0 heterocycles. The van der Waals surface area contributed by atoms with Crippen molar-refractivity contribution in [3.8, 4) is 11.5 Å². The van der Waals surface area contributed by atoms with Crippen molar-refractivity contribution in [1.82, 2.24) is 0 Å². The molecule has 0 saturated carbocycles. The number of methoxy groups -OCH3 is 1. The van der Waals surface area contributed by atoms with Crippen molar-refractivity contribution in [2.24, 2.45) is 0 Å². The fourth-order valence-corrected chi connectivity index (χ4v) is 3.81.